The van der Waals surface area contributed by atoms with Crippen LogP contribution in [-0.4, -0.2) is 24.7 Å². The Morgan fingerprint density at radius 1 is 1.20 bits per heavy atom. The lowest BCUT2D eigenvalue weighted by Crippen LogP contribution is -2.36. The fraction of sp³-hybridized carbons (Fsp3) is 0.588. The summed E-state index contributed by atoms with van der Waals surface area (Å²) in [7, 11) is 0. The number of alkyl halides is 3. The van der Waals surface area contributed by atoms with Crippen LogP contribution in [0.5, 0.6) is 5.75 Å². The second-order valence-corrected chi connectivity index (χ2v) is 6.24. The lowest BCUT2D eigenvalue weighted by atomic mass is 9.83. The van der Waals surface area contributed by atoms with E-state index in [0.29, 0.717) is 13.0 Å². The van der Waals surface area contributed by atoms with Crippen molar-refractivity contribution in [3.05, 3.63) is 29.8 Å². The first kappa shape index (κ1) is 21.6. The van der Waals surface area contributed by atoms with Gasteiger partial charge in [-0.3, -0.25) is 4.79 Å². The van der Waals surface area contributed by atoms with Gasteiger partial charge in [0.25, 0.3) is 0 Å². The average molecular weight is 381 g/mol. The van der Waals surface area contributed by atoms with Crippen molar-refractivity contribution in [1.82, 2.24) is 5.32 Å². The van der Waals surface area contributed by atoms with Gasteiger partial charge >= 0.3 is 6.18 Å². The smallest absolute Gasteiger partial charge is 0.422 e. The monoisotopic (exact) mass is 380 g/mol. The Hall–Kier alpha value is -1.47. The number of hydrogen-bond acceptors (Lipinski definition) is 3. The molecule has 0 spiro atoms. The van der Waals surface area contributed by atoms with Crippen LogP contribution in [0.2, 0.25) is 0 Å². The molecule has 1 aliphatic carbocycles. The van der Waals surface area contributed by atoms with Crippen molar-refractivity contribution in [2.45, 2.75) is 50.9 Å². The molecule has 0 aromatic heterocycles. The molecule has 8 heteroatoms. The number of carbonyl (C=O) groups excluding carboxylic acids is 1. The Balaban J connectivity index is 0.00000312. The lowest BCUT2D eigenvalue weighted by Gasteiger charge is -2.27. The van der Waals surface area contributed by atoms with E-state index in [4.69, 9.17) is 5.73 Å². The third kappa shape index (κ3) is 7.96. The molecule has 4 nitrogen and oxygen atoms in total. The highest BCUT2D eigenvalue weighted by Crippen LogP contribution is 2.25. The third-order valence-corrected chi connectivity index (χ3v) is 4.23. The van der Waals surface area contributed by atoms with Crippen molar-refractivity contribution in [3.8, 4) is 5.75 Å². The van der Waals surface area contributed by atoms with E-state index in [9.17, 15) is 18.0 Å². The second kappa shape index (κ2) is 9.87. The fourth-order valence-corrected chi connectivity index (χ4v) is 2.87. The molecule has 0 aliphatic heterocycles. The molecule has 2 rings (SSSR count). The van der Waals surface area contributed by atoms with Crippen LogP contribution in [0, 0.1) is 5.92 Å². The number of carbonyl (C=O) groups is 1. The molecule has 0 bridgehead atoms. The number of halogens is 4. The van der Waals surface area contributed by atoms with Crippen LogP contribution < -0.4 is 15.8 Å². The quantitative estimate of drug-likeness (QED) is 0.793. The Morgan fingerprint density at radius 3 is 2.44 bits per heavy atom. The molecule has 0 heterocycles. The number of benzene rings is 1. The van der Waals surface area contributed by atoms with Gasteiger partial charge in [-0.1, -0.05) is 25.0 Å². The zero-order valence-electron chi connectivity index (χ0n) is 13.8. The SMILES string of the molecule is Cl.NC1CCCCC1CC(=O)NCc1ccc(OCC(F)(F)F)cc1. The molecule has 1 fully saturated rings. The number of hydrogen-bond donors (Lipinski definition) is 2. The number of nitrogens with two attached hydrogens (primary N) is 1. The molecule has 1 aromatic carbocycles. The van der Waals surface area contributed by atoms with E-state index in [0.717, 1.165) is 31.2 Å². The summed E-state index contributed by atoms with van der Waals surface area (Å²) in [6.07, 6.45) is 0.269. The van der Waals surface area contributed by atoms with Crippen molar-refractivity contribution < 1.29 is 22.7 Å². The second-order valence-electron chi connectivity index (χ2n) is 6.24. The van der Waals surface area contributed by atoms with Crippen LogP contribution in [0.3, 0.4) is 0 Å². The van der Waals surface area contributed by atoms with Gasteiger partial charge in [0, 0.05) is 19.0 Å². The molecule has 1 saturated carbocycles. The largest absolute Gasteiger partial charge is 0.484 e. The van der Waals surface area contributed by atoms with Gasteiger partial charge in [0.1, 0.15) is 5.75 Å². The maximum atomic E-state index is 12.1. The fourth-order valence-electron chi connectivity index (χ4n) is 2.87. The molecule has 0 saturated heterocycles. The van der Waals surface area contributed by atoms with Gasteiger partial charge in [-0.2, -0.15) is 13.2 Å². The Kier molecular flexibility index (Phi) is 8.52. The van der Waals surface area contributed by atoms with E-state index in [-0.39, 0.29) is 36.0 Å². The van der Waals surface area contributed by atoms with Gasteiger partial charge in [-0.15, -0.1) is 12.4 Å². The predicted molar refractivity (Wildman–Crippen MR) is 91.6 cm³/mol. The predicted octanol–water partition coefficient (Wildman–Crippen LogP) is 3.57. The van der Waals surface area contributed by atoms with Crippen molar-refractivity contribution in [2.24, 2.45) is 11.7 Å². The van der Waals surface area contributed by atoms with Crippen LogP contribution in [0.4, 0.5) is 13.2 Å². The highest BCUT2D eigenvalue weighted by molar-refractivity contribution is 5.85. The number of amides is 1. The molecule has 3 N–H and O–H groups in total. The van der Waals surface area contributed by atoms with Gasteiger partial charge in [-0.05, 0) is 36.5 Å². The summed E-state index contributed by atoms with van der Waals surface area (Å²) >= 11 is 0. The van der Waals surface area contributed by atoms with Crippen LogP contribution in [0.1, 0.15) is 37.7 Å². The normalized spacial score (nSPS) is 20.5. The number of nitrogens with one attached hydrogen (secondary N) is 1. The molecule has 142 valence electrons. The molecule has 1 aromatic rings. The molecule has 2 unspecified atom stereocenters. The standard InChI is InChI=1S/C17H23F3N2O2.ClH/c18-17(19,20)11-24-14-7-5-12(6-8-14)10-22-16(23)9-13-3-1-2-4-15(13)21;/h5-8,13,15H,1-4,9-11,21H2,(H,22,23);1H. The van der Waals surface area contributed by atoms with E-state index >= 15 is 0 Å². The molecule has 2 atom stereocenters. The van der Waals surface area contributed by atoms with E-state index < -0.39 is 12.8 Å². The van der Waals surface area contributed by atoms with Crippen LogP contribution in [-0.2, 0) is 11.3 Å². The number of rotatable bonds is 6. The summed E-state index contributed by atoms with van der Waals surface area (Å²) in [5.74, 6) is 0.335. The highest BCUT2D eigenvalue weighted by Gasteiger charge is 2.28. The van der Waals surface area contributed by atoms with Crippen LogP contribution in [0.25, 0.3) is 0 Å². The molecule has 0 radical (unpaired) electrons. The molecule has 1 aliphatic rings. The average Bonchev–Trinajstić information content (AvgIpc) is 2.53. The zero-order valence-corrected chi connectivity index (χ0v) is 14.7. The maximum Gasteiger partial charge on any atom is 0.422 e. The summed E-state index contributed by atoms with van der Waals surface area (Å²) in [4.78, 5) is 12.0. The van der Waals surface area contributed by atoms with Gasteiger partial charge in [0.15, 0.2) is 6.61 Å². The van der Waals surface area contributed by atoms with Crippen molar-refractivity contribution in [3.63, 3.8) is 0 Å². The molecule has 25 heavy (non-hydrogen) atoms. The molecular formula is C17H24ClF3N2O2. The Bertz CT molecular complexity index is 538. The van der Waals surface area contributed by atoms with Gasteiger partial charge in [-0.25, -0.2) is 0 Å². The summed E-state index contributed by atoms with van der Waals surface area (Å²) in [5.41, 5.74) is 6.84. The zero-order chi connectivity index (χ0) is 17.6. The van der Waals surface area contributed by atoms with E-state index in [2.05, 4.69) is 10.1 Å². The summed E-state index contributed by atoms with van der Waals surface area (Å²) in [6.45, 7) is -0.981. The first-order valence-corrected chi connectivity index (χ1v) is 8.14. The topological polar surface area (TPSA) is 64.4 Å². The lowest BCUT2D eigenvalue weighted by molar-refractivity contribution is -0.153. The van der Waals surface area contributed by atoms with E-state index in [1.807, 2.05) is 0 Å². The van der Waals surface area contributed by atoms with Crippen molar-refractivity contribution in [1.29, 1.82) is 0 Å². The summed E-state index contributed by atoms with van der Waals surface area (Å²) < 4.78 is 40.8. The van der Waals surface area contributed by atoms with Crippen molar-refractivity contribution >= 4 is 18.3 Å². The Morgan fingerprint density at radius 2 is 1.84 bits per heavy atom. The molecule has 1 amide bonds. The molecular weight excluding hydrogens is 357 g/mol. The first-order valence-electron chi connectivity index (χ1n) is 8.14. The van der Waals surface area contributed by atoms with Gasteiger partial charge < -0.3 is 15.8 Å². The highest BCUT2D eigenvalue weighted by atomic mass is 35.5. The Labute approximate surface area is 151 Å². The van der Waals surface area contributed by atoms with Crippen LogP contribution >= 0.6 is 12.4 Å². The summed E-state index contributed by atoms with van der Waals surface area (Å²) in [5, 5.41) is 2.83. The minimum Gasteiger partial charge on any atom is -0.484 e. The van der Waals surface area contributed by atoms with E-state index in [1.165, 1.54) is 12.1 Å². The maximum absolute atomic E-state index is 12.1. The van der Waals surface area contributed by atoms with Gasteiger partial charge in [0.05, 0.1) is 0 Å². The van der Waals surface area contributed by atoms with E-state index in [1.54, 1.807) is 12.1 Å². The minimum absolute atomic E-state index is 0. The number of ether oxygens (including phenoxy) is 1. The van der Waals surface area contributed by atoms with Crippen LogP contribution in [0.15, 0.2) is 24.3 Å². The first-order chi connectivity index (χ1) is 11.3. The summed E-state index contributed by atoms with van der Waals surface area (Å²) in [6, 6.07) is 6.29. The minimum atomic E-state index is -4.35. The van der Waals surface area contributed by atoms with Gasteiger partial charge in [0.2, 0.25) is 5.91 Å². The van der Waals surface area contributed by atoms with Crippen molar-refractivity contribution in [2.75, 3.05) is 6.61 Å². The third-order valence-electron chi connectivity index (χ3n) is 4.23.